The maximum atomic E-state index is 12.8. The minimum absolute atomic E-state index is 0.262. The number of carbonyl (C=O) groups is 1. The predicted octanol–water partition coefficient (Wildman–Crippen LogP) is 6.19. The summed E-state index contributed by atoms with van der Waals surface area (Å²) in [7, 11) is 0. The molecule has 10 nitrogen and oxygen atoms in total. The third kappa shape index (κ3) is 22.0. The van der Waals surface area contributed by atoms with Crippen LogP contribution in [0, 0.1) is 0 Å². The third-order valence-electron chi connectivity index (χ3n) is 10.1. The maximum absolute atomic E-state index is 12.8. The van der Waals surface area contributed by atoms with Crippen LogP contribution in [-0.2, 0) is 14.3 Å². The molecule has 1 fully saturated rings. The van der Waals surface area contributed by atoms with E-state index in [4.69, 9.17) is 9.47 Å². The van der Waals surface area contributed by atoms with Gasteiger partial charge in [0.05, 0.1) is 25.4 Å². The van der Waals surface area contributed by atoms with E-state index in [2.05, 4.69) is 19.2 Å². The Morgan fingerprint density at radius 3 is 1.51 bits per heavy atom. The molecule has 0 aromatic heterocycles. The van der Waals surface area contributed by atoms with Crippen LogP contribution in [-0.4, -0.2) is 98.7 Å². The Balaban J connectivity index is 2.42. The largest absolute Gasteiger partial charge is 0.394 e. The minimum atomic E-state index is -1.60. The lowest BCUT2D eigenvalue weighted by atomic mass is 9.98. The van der Waals surface area contributed by atoms with Crippen molar-refractivity contribution >= 4 is 5.91 Å². The van der Waals surface area contributed by atoms with Crippen molar-refractivity contribution in [2.45, 2.75) is 230 Å². The SMILES string of the molecule is CCCCCCCCCCCCCCCCCC[C@@H](O)[C@@H](O)[C@H](CO[C@@H]1O[C@H](CO)[C@H](O)C(O)C1O)NC(=O)CCCCCCCCCC. The average molecular weight is 704 g/mol. The molecule has 10 heteroatoms. The summed E-state index contributed by atoms with van der Waals surface area (Å²) < 4.78 is 11.1. The zero-order valence-electron chi connectivity index (χ0n) is 31.3. The van der Waals surface area contributed by atoms with Crippen LogP contribution in [0.1, 0.15) is 181 Å². The molecule has 0 aliphatic carbocycles. The molecule has 0 saturated carbocycles. The summed E-state index contributed by atoms with van der Waals surface area (Å²) >= 11 is 0. The van der Waals surface area contributed by atoms with Crippen molar-refractivity contribution in [3.05, 3.63) is 0 Å². The predicted molar refractivity (Wildman–Crippen MR) is 195 cm³/mol. The Kier molecular flexibility index (Phi) is 29.0. The maximum Gasteiger partial charge on any atom is 0.220 e. The van der Waals surface area contributed by atoms with Crippen molar-refractivity contribution in [3.63, 3.8) is 0 Å². The molecule has 0 spiro atoms. The average Bonchev–Trinajstić information content (AvgIpc) is 3.10. The van der Waals surface area contributed by atoms with Gasteiger partial charge in [-0.25, -0.2) is 0 Å². The van der Waals surface area contributed by atoms with Crippen LogP contribution in [0.4, 0.5) is 0 Å². The lowest BCUT2D eigenvalue weighted by molar-refractivity contribution is -0.303. The van der Waals surface area contributed by atoms with Crippen LogP contribution < -0.4 is 5.32 Å². The third-order valence-corrected chi connectivity index (χ3v) is 10.1. The van der Waals surface area contributed by atoms with Crippen LogP contribution >= 0.6 is 0 Å². The van der Waals surface area contributed by atoms with Crippen LogP contribution in [0.15, 0.2) is 0 Å². The Morgan fingerprint density at radius 2 is 1.06 bits per heavy atom. The molecule has 1 amide bonds. The molecule has 1 aliphatic heterocycles. The number of carbonyl (C=O) groups excluding carboxylic acids is 1. The van der Waals surface area contributed by atoms with Crippen molar-refractivity contribution in [1.82, 2.24) is 5.32 Å². The first-order valence-corrected chi connectivity index (χ1v) is 20.3. The molecular weight excluding hydrogens is 626 g/mol. The molecule has 8 atom stereocenters. The Bertz CT molecular complexity index is 758. The number of amides is 1. The van der Waals surface area contributed by atoms with Gasteiger partial charge < -0.3 is 45.4 Å². The molecule has 0 radical (unpaired) electrons. The highest BCUT2D eigenvalue weighted by atomic mass is 16.7. The van der Waals surface area contributed by atoms with E-state index in [9.17, 15) is 35.4 Å². The van der Waals surface area contributed by atoms with E-state index in [1.165, 1.54) is 109 Å². The highest BCUT2D eigenvalue weighted by molar-refractivity contribution is 5.76. The molecule has 1 saturated heterocycles. The molecule has 7 N–H and O–H groups in total. The van der Waals surface area contributed by atoms with Gasteiger partial charge in [0.1, 0.15) is 30.5 Å². The summed E-state index contributed by atoms with van der Waals surface area (Å²) in [5.41, 5.74) is 0. The zero-order valence-corrected chi connectivity index (χ0v) is 31.3. The van der Waals surface area contributed by atoms with Crippen molar-refractivity contribution in [3.8, 4) is 0 Å². The van der Waals surface area contributed by atoms with Crippen LogP contribution in [0.3, 0.4) is 0 Å². The fourth-order valence-corrected chi connectivity index (χ4v) is 6.67. The molecule has 0 bridgehead atoms. The molecular formula is C39H77NO9. The van der Waals surface area contributed by atoms with Crippen LogP contribution in [0.2, 0.25) is 0 Å². The second-order valence-electron chi connectivity index (χ2n) is 14.6. The van der Waals surface area contributed by atoms with Crippen molar-refractivity contribution in [2.24, 2.45) is 0 Å². The number of nitrogens with one attached hydrogen (secondary N) is 1. The number of aliphatic hydroxyl groups excluding tert-OH is 6. The standard InChI is InChI=1S/C39H77NO9/c1-3-5-7-9-11-13-14-15-16-17-18-19-20-21-23-25-27-32(42)35(44)31(40-34(43)28-26-24-22-12-10-8-6-4-2)30-48-39-38(47)37(46)36(45)33(29-41)49-39/h31-33,35-39,41-42,44-47H,3-30H2,1-2H3,(H,40,43)/t31-,32+,33+,35-,36-,37?,38?,39+/m0/s1. The summed E-state index contributed by atoms with van der Waals surface area (Å²) in [5, 5.41) is 64.8. The van der Waals surface area contributed by atoms with Crippen LogP contribution in [0.25, 0.3) is 0 Å². The number of aliphatic hydroxyl groups is 6. The van der Waals surface area contributed by atoms with E-state index in [1.54, 1.807) is 0 Å². The molecule has 2 unspecified atom stereocenters. The number of ether oxygens (including phenoxy) is 2. The van der Waals surface area contributed by atoms with Gasteiger partial charge in [0, 0.05) is 6.42 Å². The fourth-order valence-electron chi connectivity index (χ4n) is 6.67. The van der Waals surface area contributed by atoms with Crippen LogP contribution in [0.5, 0.6) is 0 Å². The Morgan fingerprint density at radius 1 is 0.633 bits per heavy atom. The minimum Gasteiger partial charge on any atom is -0.394 e. The molecule has 1 heterocycles. The van der Waals surface area contributed by atoms with Gasteiger partial charge in [-0.15, -0.1) is 0 Å². The number of unbranched alkanes of at least 4 members (excludes halogenated alkanes) is 22. The first kappa shape index (κ1) is 46.2. The summed E-state index contributed by atoms with van der Waals surface area (Å²) in [6.07, 6.45) is 19.8. The molecule has 1 aliphatic rings. The lowest BCUT2D eigenvalue weighted by Gasteiger charge is -2.40. The van der Waals surface area contributed by atoms with E-state index >= 15 is 0 Å². The topological polar surface area (TPSA) is 169 Å². The Hall–Kier alpha value is -0.850. The molecule has 1 rings (SSSR count). The first-order chi connectivity index (χ1) is 23.8. The lowest BCUT2D eigenvalue weighted by Crippen LogP contribution is -2.60. The van der Waals surface area contributed by atoms with Gasteiger partial charge in [0.15, 0.2) is 6.29 Å². The molecule has 49 heavy (non-hydrogen) atoms. The van der Waals surface area contributed by atoms with E-state index in [0.29, 0.717) is 6.42 Å². The second-order valence-corrected chi connectivity index (χ2v) is 14.6. The van der Waals surface area contributed by atoms with Gasteiger partial charge >= 0.3 is 0 Å². The van der Waals surface area contributed by atoms with Crippen molar-refractivity contribution in [2.75, 3.05) is 13.2 Å². The van der Waals surface area contributed by atoms with Gasteiger partial charge in [-0.2, -0.15) is 0 Å². The van der Waals surface area contributed by atoms with E-state index < -0.39 is 55.6 Å². The summed E-state index contributed by atoms with van der Waals surface area (Å²) in [6, 6.07) is -0.982. The zero-order chi connectivity index (χ0) is 36.1. The summed E-state index contributed by atoms with van der Waals surface area (Å²) in [5.74, 6) is -0.262. The normalized spacial score (nSPS) is 23.0. The van der Waals surface area contributed by atoms with Crippen molar-refractivity contribution < 1.29 is 44.9 Å². The highest BCUT2D eigenvalue weighted by Crippen LogP contribution is 2.23. The number of rotatable bonds is 33. The van der Waals surface area contributed by atoms with Gasteiger partial charge in [0.2, 0.25) is 5.91 Å². The second kappa shape index (κ2) is 30.7. The van der Waals surface area contributed by atoms with E-state index in [1.807, 2.05) is 0 Å². The molecule has 292 valence electrons. The first-order valence-electron chi connectivity index (χ1n) is 20.3. The van der Waals surface area contributed by atoms with E-state index in [-0.39, 0.29) is 18.9 Å². The van der Waals surface area contributed by atoms with Gasteiger partial charge in [0.25, 0.3) is 0 Å². The Labute approximate surface area is 298 Å². The van der Waals surface area contributed by atoms with Gasteiger partial charge in [-0.1, -0.05) is 162 Å². The van der Waals surface area contributed by atoms with Gasteiger partial charge in [-0.05, 0) is 12.8 Å². The number of hydrogen-bond acceptors (Lipinski definition) is 9. The fraction of sp³-hybridized carbons (Fsp3) is 0.974. The smallest absolute Gasteiger partial charge is 0.220 e. The summed E-state index contributed by atoms with van der Waals surface area (Å²) in [4.78, 5) is 12.8. The van der Waals surface area contributed by atoms with E-state index in [0.717, 1.165) is 44.9 Å². The number of hydrogen-bond donors (Lipinski definition) is 7. The quantitative estimate of drug-likeness (QED) is 0.0394. The summed E-state index contributed by atoms with van der Waals surface area (Å²) in [6.45, 7) is 3.56. The molecule has 0 aromatic rings. The monoisotopic (exact) mass is 704 g/mol. The van der Waals surface area contributed by atoms with Crippen molar-refractivity contribution in [1.29, 1.82) is 0 Å². The highest BCUT2D eigenvalue weighted by Gasteiger charge is 2.44. The van der Waals surface area contributed by atoms with Gasteiger partial charge in [-0.3, -0.25) is 4.79 Å². The molecule has 0 aromatic carbocycles.